The Bertz CT molecular complexity index is 484. The van der Waals surface area contributed by atoms with Crippen LogP contribution in [0.25, 0.3) is 0 Å². The van der Waals surface area contributed by atoms with Crippen LogP contribution in [0.5, 0.6) is 5.75 Å². The number of guanidine groups is 1. The molecule has 0 spiro atoms. The van der Waals surface area contributed by atoms with Gasteiger partial charge in [0.1, 0.15) is 5.75 Å². The fourth-order valence-electron chi connectivity index (χ4n) is 1.59. The number of alkyl halides is 3. The number of rotatable bonds is 9. The van der Waals surface area contributed by atoms with E-state index in [2.05, 4.69) is 15.0 Å². The van der Waals surface area contributed by atoms with Crippen molar-refractivity contribution < 1.29 is 27.8 Å². The van der Waals surface area contributed by atoms with Gasteiger partial charge in [0.25, 0.3) is 0 Å². The van der Waals surface area contributed by atoms with Crippen molar-refractivity contribution in [3.63, 3.8) is 0 Å². The lowest BCUT2D eigenvalue weighted by Crippen LogP contribution is -2.32. The summed E-state index contributed by atoms with van der Waals surface area (Å²) in [5.74, 6) is -0.0398. The molecular formula is C14H21F3IN3O3. The minimum atomic E-state index is -4.70. The molecule has 1 aromatic rings. The molecule has 0 amide bonds. The summed E-state index contributed by atoms with van der Waals surface area (Å²) in [6, 6.07) is 5.42. The van der Waals surface area contributed by atoms with Crippen LogP contribution in [0.2, 0.25) is 0 Å². The molecule has 0 aromatic heterocycles. The van der Waals surface area contributed by atoms with E-state index >= 15 is 0 Å². The van der Waals surface area contributed by atoms with Crippen LogP contribution in [0, 0.1) is 0 Å². The molecule has 0 atom stereocenters. The lowest BCUT2D eigenvalue weighted by molar-refractivity contribution is -0.274. The van der Waals surface area contributed by atoms with Gasteiger partial charge in [0.05, 0.1) is 19.8 Å². The maximum absolute atomic E-state index is 12.0. The fourth-order valence-corrected chi connectivity index (χ4v) is 1.59. The lowest BCUT2D eigenvalue weighted by atomic mass is 10.2. The summed E-state index contributed by atoms with van der Waals surface area (Å²) in [5.41, 5.74) is 6.36. The highest BCUT2D eigenvalue weighted by atomic mass is 127. The molecule has 6 nitrogen and oxygen atoms in total. The van der Waals surface area contributed by atoms with Gasteiger partial charge in [0.2, 0.25) is 0 Å². The Morgan fingerprint density at radius 3 is 2.46 bits per heavy atom. The number of halogens is 4. The van der Waals surface area contributed by atoms with E-state index in [1.807, 2.05) is 0 Å². The summed E-state index contributed by atoms with van der Waals surface area (Å²) in [5, 5.41) is 11.4. The van der Waals surface area contributed by atoms with Gasteiger partial charge in [-0.2, -0.15) is 0 Å². The van der Waals surface area contributed by atoms with Crippen LogP contribution in [0.15, 0.2) is 29.3 Å². The topological polar surface area (TPSA) is 89.1 Å². The Balaban J connectivity index is 0.00000529. The van der Waals surface area contributed by atoms with Crippen molar-refractivity contribution in [2.24, 2.45) is 10.7 Å². The Morgan fingerprint density at radius 2 is 1.88 bits per heavy atom. The summed E-state index contributed by atoms with van der Waals surface area (Å²) < 4.78 is 44.9. The van der Waals surface area contributed by atoms with E-state index in [1.165, 1.54) is 24.3 Å². The number of ether oxygens (including phenoxy) is 2. The van der Waals surface area contributed by atoms with Gasteiger partial charge in [-0.3, -0.25) is 0 Å². The Hall–Kier alpha value is -1.27. The van der Waals surface area contributed by atoms with Crippen molar-refractivity contribution >= 4 is 29.9 Å². The van der Waals surface area contributed by atoms with Gasteiger partial charge in [0, 0.05) is 13.2 Å². The van der Waals surface area contributed by atoms with Gasteiger partial charge in [-0.1, -0.05) is 12.1 Å². The van der Waals surface area contributed by atoms with Crippen LogP contribution in [-0.4, -0.2) is 43.8 Å². The Morgan fingerprint density at radius 1 is 1.21 bits per heavy atom. The van der Waals surface area contributed by atoms with Crippen molar-refractivity contribution in [1.82, 2.24) is 5.32 Å². The zero-order valence-electron chi connectivity index (χ0n) is 12.9. The van der Waals surface area contributed by atoms with Crippen molar-refractivity contribution in [3.8, 4) is 5.75 Å². The van der Waals surface area contributed by atoms with Crippen LogP contribution < -0.4 is 15.8 Å². The monoisotopic (exact) mass is 463 g/mol. The molecule has 138 valence electrons. The maximum Gasteiger partial charge on any atom is 0.573 e. The molecule has 0 aliphatic rings. The number of aliphatic hydroxyl groups excluding tert-OH is 1. The van der Waals surface area contributed by atoms with Crippen LogP contribution in [-0.2, 0) is 11.3 Å². The van der Waals surface area contributed by atoms with Gasteiger partial charge < -0.3 is 25.6 Å². The molecule has 0 fully saturated rings. The number of nitrogens with two attached hydrogens (primary N) is 1. The van der Waals surface area contributed by atoms with Crippen LogP contribution in [0.3, 0.4) is 0 Å². The minimum Gasteiger partial charge on any atom is -0.406 e. The number of benzene rings is 1. The average molecular weight is 463 g/mol. The molecule has 0 unspecified atom stereocenters. The van der Waals surface area contributed by atoms with Crippen LogP contribution in [0.4, 0.5) is 13.2 Å². The summed E-state index contributed by atoms with van der Waals surface area (Å²) in [4.78, 5) is 4.07. The lowest BCUT2D eigenvalue weighted by Gasteiger charge is -2.09. The zero-order valence-corrected chi connectivity index (χ0v) is 15.2. The Kier molecular flexibility index (Phi) is 11.5. The molecule has 0 aliphatic heterocycles. The summed E-state index contributed by atoms with van der Waals surface area (Å²) in [6.07, 6.45) is -3.99. The quantitative estimate of drug-likeness (QED) is 0.226. The molecule has 0 heterocycles. The molecule has 24 heavy (non-hydrogen) atoms. The van der Waals surface area contributed by atoms with Gasteiger partial charge in [-0.25, -0.2) is 4.99 Å². The summed E-state index contributed by atoms with van der Waals surface area (Å²) in [7, 11) is 0. The number of hydrogen-bond acceptors (Lipinski definition) is 4. The predicted octanol–water partition coefficient (Wildman–Crippen LogP) is 2.01. The molecular weight excluding hydrogens is 442 g/mol. The third kappa shape index (κ3) is 11.3. The fraction of sp³-hybridized carbons (Fsp3) is 0.500. The van der Waals surface area contributed by atoms with Crippen LogP contribution in [0.1, 0.15) is 12.0 Å². The number of aliphatic imine (C=N–C) groups is 1. The summed E-state index contributed by atoms with van der Waals surface area (Å²) in [6.45, 7) is 1.61. The van der Waals surface area contributed by atoms with E-state index in [1.54, 1.807) is 0 Å². The molecule has 0 aliphatic carbocycles. The maximum atomic E-state index is 12.0. The van der Waals surface area contributed by atoms with Gasteiger partial charge >= 0.3 is 6.36 Å². The minimum absolute atomic E-state index is 0. The smallest absolute Gasteiger partial charge is 0.406 e. The van der Waals surface area contributed by atoms with Crippen molar-refractivity contribution in [2.75, 3.05) is 26.4 Å². The van der Waals surface area contributed by atoms with Crippen molar-refractivity contribution in [3.05, 3.63) is 29.8 Å². The highest BCUT2D eigenvalue weighted by molar-refractivity contribution is 14.0. The first kappa shape index (κ1) is 22.7. The van der Waals surface area contributed by atoms with Crippen LogP contribution >= 0.6 is 24.0 Å². The van der Waals surface area contributed by atoms with E-state index in [-0.39, 0.29) is 48.8 Å². The van der Waals surface area contributed by atoms with Crippen molar-refractivity contribution in [2.45, 2.75) is 19.3 Å². The Labute approximate surface area is 155 Å². The number of hydrogen-bond donors (Lipinski definition) is 3. The van der Waals surface area contributed by atoms with Gasteiger partial charge in [0.15, 0.2) is 5.96 Å². The number of nitrogens with zero attached hydrogens (tertiary/aromatic N) is 1. The molecule has 1 aromatic carbocycles. The van der Waals surface area contributed by atoms with Gasteiger partial charge in [-0.15, -0.1) is 37.1 Å². The second-order valence-corrected chi connectivity index (χ2v) is 4.51. The molecule has 0 radical (unpaired) electrons. The summed E-state index contributed by atoms with van der Waals surface area (Å²) >= 11 is 0. The highest BCUT2D eigenvalue weighted by Gasteiger charge is 2.30. The molecule has 10 heteroatoms. The normalized spacial score (nSPS) is 11.8. The number of nitrogens with one attached hydrogen (secondary N) is 1. The van der Waals surface area contributed by atoms with E-state index in [4.69, 9.17) is 15.6 Å². The molecule has 0 saturated heterocycles. The molecule has 0 saturated carbocycles. The highest BCUT2D eigenvalue weighted by Crippen LogP contribution is 2.22. The zero-order chi connectivity index (χ0) is 17.1. The molecule has 0 bridgehead atoms. The third-order valence-electron chi connectivity index (χ3n) is 2.60. The standard InChI is InChI=1S/C14H20F3N3O3.HI/c15-14(16,17)23-12-4-2-11(3-5-12)10-20-13(18)19-6-1-8-22-9-7-21;/h2-5,21H,1,6-10H2,(H3,18,19,20);1H. The first-order valence-electron chi connectivity index (χ1n) is 6.98. The second-order valence-electron chi connectivity index (χ2n) is 4.51. The molecule has 4 N–H and O–H groups in total. The SMILES string of the molecule is I.NC(=NCc1ccc(OC(F)(F)F)cc1)NCCCOCCO. The second kappa shape index (κ2) is 12.1. The number of aliphatic hydroxyl groups is 1. The van der Waals surface area contributed by atoms with E-state index in [0.717, 1.165) is 0 Å². The third-order valence-corrected chi connectivity index (χ3v) is 2.60. The van der Waals surface area contributed by atoms with E-state index in [9.17, 15) is 13.2 Å². The van der Waals surface area contributed by atoms with Crippen molar-refractivity contribution in [1.29, 1.82) is 0 Å². The van der Waals surface area contributed by atoms with E-state index < -0.39 is 6.36 Å². The predicted molar refractivity (Wildman–Crippen MR) is 94.4 cm³/mol. The molecule has 1 rings (SSSR count). The first-order valence-corrected chi connectivity index (χ1v) is 6.98. The van der Waals surface area contributed by atoms with E-state index in [0.29, 0.717) is 31.7 Å². The van der Waals surface area contributed by atoms with Gasteiger partial charge in [-0.05, 0) is 24.1 Å². The average Bonchev–Trinajstić information content (AvgIpc) is 2.48. The largest absolute Gasteiger partial charge is 0.573 e. The first-order chi connectivity index (χ1) is 10.9.